The maximum atomic E-state index is 11.2. The number of aliphatic imine (C=N–C) groups is 1. The topological polar surface area (TPSA) is 49.7 Å². The van der Waals surface area contributed by atoms with Crippen LogP contribution < -0.4 is 0 Å². The van der Waals surface area contributed by atoms with Crippen LogP contribution in [0.15, 0.2) is 35.3 Å². The number of hydrogen-bond acceptors (Lipinski definition) is 4. The molecule has 0 radical (unpaired) electrons. The molecule has 5 heteroatoms. The Morgan fingerprint density at radius 1 is 1.44 bits per heavy atom. The zero-order valence-corrected chi connectivity index (χ0v) is 10.1. The highest BCUT2D eigenvalue weighted by Crippen LogP contribution is 2.35. The van der Waals surface area contributed by atoms with Crippen molar-refractivity contribution < 1.29 is 9.90 Å². The highest BCUT2D eigenvalue weighted by Gasteiger charge is 2.24. The lowest BCUT2D eigenvalue weighted by Crippen LogP contribution is -2.09. The second-order valence-corrected chi connectivity index (χ2v) is 5.68. The van der Waals surface area contributed by atoms with Crippen molar-refractivity contribution in [3.8, 4) is 0 Å². The van der Waals surface area contributed by atoms with Gasteiger partial charge in [0, 0.05) is 5.75 Å². The van der Waals surface area contributed by atoms with Gasteiger partial charge < -0.3 is 5.11 Å². The third-order valence-electron chi connectivity index (χ3n) is 2.10. The Bertz CT molecular complexity index is 406. The lowest BCUT2D eigenvalue weighted by molar-refractivity contribution is -0.136. The van der Waals surface area contributed by atoms with E-state index in [0.717, 1.165) is 22.2 Å². The number of hydrogen-bond donors (Lipinski definition) is 1. The molecule has 84 valence electrons. The van der Waals surface area contributed by atoms with Crippen LogP contribution >= 0.6 is 23.5 Å². The first-order valence-electron chi connectivity index (χ1n) is 4.89. The quantitative estimate of drug-likeness (QED) is 0.899. The minimum Gasteiger partial charge on any atom is -0.480 e. The van der Waals surface area contributed by atoms with Crippen LogP contribution in [0.1, 0.15) is 10.8 Å². The van der Waals surface area contributed by atoms with Gasteiger partial charge in [-0.15, -0.1) is 0 Å². The van der Waals surface area contributed by atoms with E-state index in [4.69, 9.17) is 0 Å². The highest BCUT2D eigenvalue weighted by atomic mass is 32.2. The SMILES string of the molecule is O=C(O)C(SC1=NCCS1)c1ccccc1. The van der Waals surface area contributed by atoms with Crippen LogP contribution in [0.4, 0.5) is 0 Å². The molecule has 0 aromatic heterocycles. The Balaban J connectivity index is 2.14. The van der Waals surface area contributed by atoms with Gasteiger partial charge >= 0.3 is 5.97 Å². The molecule has 1 aliphatic rings. The number of carbonyl (C=O) groups is 1. The van der Waals surface area contributed by atoms with Crippen LogP contribution in [-0.4, -0.2) is 27.7 Å². The smallest absolute Gasteiger partial charge is 0.321 e. The largest absolute Gasteiger partial charge is 0.480 e. The average molecular weight is 253 g/mol. The van der Waals surface area contributed by atoms with Gasteiger partial charge in [0.15, 0.2) is 0 Å². The van der Waals surface area contributed by atoms with Gasteiger partial charge in [0.05, 0.1) is 6.54 Å². The lowest BCUT2D eigenvalue weighted by Gasteiger charge is -2.11. The van der Waals surface area contributed by atoms with Crippen LogP contribution in [0, 0.1) is 0 Å². The molecule has 1 aromatic rings. The maximum absolute atomic E-state index is 11.2. The fraction of sp³-hybridized carbons (Fsp3) is 0.273. The Morgan fingerprint density at radius 2 is 2.19 bits per heavy atom. The molecule has 1 N–H and O–H groups in total. The van der Waals surface area contributed by atoms with Crippen molar-refractivity contribution in [3.63, 3.8) is 0 Å². The van der Waals surface area contributed by atoms with E-state index in [9.17, 15) is 9.90 Å². The first kappa shape index (κ1) is 11.5. The average Bonchev–Trinajstić information content (AvgIpc) is 2.79. The normalized spacial score (nSPS) is 16.9. The summed E-state index contributed by atoms with van der Waals surface area (Å²) in [5.74, 6) is 0.148. The van der Waals surface area contributed by atoms with Crippen LogP contribution in [0.5, 0.6) is 0 Å². The van der Waals surface area contributed by atoms with Gasteiger partial charge in [-0.2, -0.15) is 0 Å². The minimum absolute atomic E-state index is 0.550. The van der Waals surface area contributed by atoms with E-state index in [0.29, 0.717) is 0 Å². The van der Waals surface area contributed by atoms with Crippen molar-refractivity contribution >= 4 is 33.9 Å². The number of nitrogens with zero attached hydrogens (tertiary/aromatic N) is 1. The molecule has 1 unspecified atom stereocenters. The molecule has 0 fully saturated rings. The fourth-order valence-electron chi connectivity index (χ4n) is 1.38. The van der Waals surface area contributed by atoms with Crippen LogP contribution in [0.2, 0.25) is 0 Å². The van der Waals surface area contributed by atoms with E-state index in [1.165, 1.54) is 11.8 Å². The molecule has 0 saturated heterocycles. The molecule has 0 amide bonds. The van der Waals surface area contributed by atoms with E-state index in [1.807, 2.05) is 30.3 Å². The van der Waals surface area contributed by atoms with Crippen molar-refractivity contribution in [3.05, 3.63) is 35.9 Å². The summed E-state index contributed by atoms with van der Waals surface area (Å²) >= 11 is 2.96. The number of aliphatic carboxylic acids is 1. The van der Waals surface area contributed by atoms with Gasteiger partial charge in [0.1, 0.15) is 9.63 Å². The van der Waals surface area contributed by atoms with E-state index in [-0.39, 0.29) is 0 Å². The van der Waals surface area contributed by atoms with Crippen LogP contribution in [0.25, 0.3) is 0 Å². The van der Waals surface area contributed by atoms with Crippen LogP contribution in [-0.2, 0) is 4.79 Å². The van der Waals surface area contributed by atoms with E-state index >= 15 is 0 Å². The Morgan fingerprint density at radius 3 is 2.75 bits per heavy atom. The second kappa shape index (κ2) is 5.41. The molecule has 1 aliphatic heterocycles. The Labute approximate surface area is 102 Å². The predicted molar refractivity (Wildman–Crippen MR) is 69.2 cm³/mol. The van der Waals surface area contributed by atoms with Crippen molar-refractivity contribution in [2.24, 2.45) is 4.99 Å². The molecule has 3 nitrogen and oxygen atoms in total. The third-order valence-corrected chi connectivity index (χ3v) is 4.55. The molecule has 0 saturated carbocycles. The van der Waals surface area contributed by atoms with Crippen LogP contribution in [0.3, 0.4) is 0 Å². The van der Waals surface area contributed by atoms with Gasteiger partial charge in [0.2, 0.25) is 0 Å². The molecular weight excluding hydrogens is 242 g/mol. The van der Waals surface area contributed by atoms with E-state index in [1.54, 1.807) is 11.8 Å². The van der Waals surface area contributed by atoms with Gasteiger partial charge in [-0.3, -0.25) is 9.79 Å². The van der Waals surface area contributed by atoms with Crippen molar-refractivity contribution in [1.29, 1.82) is 0 Å². The zero-order chi connectivity index (χ0) is 11.4. The molecule has 0 spiro atoms. The molecule has 0 bridgehead atoms. The zero-order valence-electron chi connectivity index (χ0n) is 8.50. The second-order valence-electron chi connectivity index (χ2n) is 3.24. The molecule has 16 heavy (non-hydrogen) atoms. The van der Waals surface area contributed by atoms with Gasteiger partial charge in [-0.25, -0.2) is 0 Å². The summed E-state index contributed by atoms with van der Waals surface area (Å²) in [4.78, 5) is 15.5. The number of rotatable bonds is 3. The van der Waals surface area contributed by atoms with Gasteiger partial charge in [-0.1, -0.05) is 53.9 Å². The third kappa shape index (κ3) is 2.80. The summed E-state index contributed by atoms with van der Waals surface area (Å²) in [5, 5.41) is 8.65. The summed E-state index contributed by atoms with van der Waals surface area (Å²) in [6.07, 6.45) is 0. The summed E-state index contributed by atoms with van der Waals surface area (Å²) in [7, 11) is 0. The number of benzene rings is 1. The van der Waals surface area contributed by atoms with E-state index < -0.39 is 11.2 Å². The molecular formula is C11H11NO2S2. The monoisotopic (exact) mass is 253 g/mol. The maximum Gasteiger partial charge on any atom is 0.321 e. The first-order chi connectivity index (χ1) is 7.77. The molecule has 1 heterocycles. The molecule has 1 aromatic carbocycles. The summed E-state index contributed by atoms with van der Waals surface area (Å²) in [6, 6.07) is 9.28. The van der Waals surface area contributed by atoms with Crippen molar-refractivity contribution in [2.45, 2.75) is 5.25 Å². The molecule has 2 rings (SSSR count). The van der Waals surface area contributed by atoms with Crippen molar-refractivity contribution in [1.82, 2.24) is 0 Å². The lowest BCUT2D eigenvalue weighted by atomic mass is 10.1. The minimum atomic E-state index is -0.814. The standard InChI is InChI=1S/C11H11NO2S2/c13-10(14)9(8-4-2-1-3-5-8)16-11-12-6-7-15-11/h1-5,9H,6-7H2,(H,13,14). The molecule has 0 aliphatic carbocycles. The Kier molecular flexibility index (Phi) is 3.90. The van der Waals surface area contributed by atoms with Crippen molar-refractivity contribution in [2.75, 3.05) is 12.3 Å². The number of carboxylic acids is 1. The number of thioether (sulfide) groups is 2. The predicted octanol–water partition coefficient (Wildman–Crippen LogP) is 2.65. The Hall–Kier alpha value is -0.940. The summed E-state index contributed by atoms with van der Waals surface area (Å²) in [6.45, 7) is 0.800. The summed E-state index contributed by atoms with van der Waals surface area (Å²) in [5.41, 5.74) is 0.815. The number of carboxylic acid groups (broad SMARTS) is 1. The van der Waals surface area contributed by atoms with Gasteiger partial charge in [-0.05, 0) is 5.56 Å². The fourth-order valence-corrected chi connectivity index (χ4v) is 3.49. The highest BCUT2D eigenvalue weighted by molar-refractivity contribution is 8.39. The summed E-state index contributed by atoms with van der Waals surface area (Å²) < 4.78 is 0.885. The first-order valence-corrected chi connectivity index (χ1v) is 6.75. The van der Waals surface area contributed by atoms with Gasteiger partial charge in [0.25, 0.3) is 0 Å². The molecule has 1 atom stereocenters. The van der Waals surface area contributed by atoms with E-state index in [2.05, 4.69) is 4.99 Å².